The maximum atomic E-state index is 15.0. The summed E-state index contributed by atoms with van der Waals surface area (Å²) in [5.74, 6) is -0.434. The van der Waals surface area contributed by atoms with Crippen LogP contribution >= 0.6 is 11.6 Å². The van der Waals surface area contributed by atoms with Crippen LogP contribution in [-0.2, 0) is 6.42 Å². The summed E-state index contributed by atoms with van der Waals surface area (Å²) >= 11 is 6.22. The highest BCUT2D eigenvalue weighted by Gasteiger charge is 2.16. The maximum absolute atomic E-state index is 15.0. The van der Waals surface area contributed by atoms with Gasteiger partial charge in [-0.05, 0) is 86.9 Å². The number of hydrogen-bond donors (Lipinski definition) is 5. The SMILES string of the molecule is C[C@H](N)CCCc1cc(Cl)c(F)c(-c2cc3cn(-c4ccc([C@@H](N)CCCCN=C(N)N)cc4)c(=O)nc3[nH]2)c1. The van der Waals surface area contributed by atoms with Crippen LogP contribution < -0.4 is 28.6 Å². The van der Waals surface area contributed by atoms with Crippen molar-refractivity contribution in [2.75, 3.05) is 6.54 Å². The Morgan fingerprint density at radius 3 is 2.55 bits per heavy atom. The van der Waals surface area contributed by atoms with E-state index in [0.29, 0.717) is 34.5 Å². The number of aryl methyl sites for hydroxylation is 1. The van der Waals surface area contributed by atoms with E-state index >= 15 is 4.39 Å². The van der Waals surface area contributed by atoms with E-state index in [-0.39, 0.29) is 23.1 Å². The minimum atomic E-state index is -0.525. The van der Waals surface area contributed by atoms with Crippen molar-refractivity contribution >= 4 is 28.6 Å². The standard InChI is InChI=1S/C29H36ClFN8O/c1-17(32)5-4-6-18-13-22(26(31)23(30)14-18)25-15-20-16-39(29(40)38-27(20)37-25)21-10-8-19(9-11-21)24(33)7-2-3-12-36-28(34)35/h8-11,13-17,24H,2-7,12,32-33H2,1H3,(H4,34,35,36)(H,37,38,40)/t17-,24-/m0/s1. The second kappa shape index (κ2) is 13.1. The number of aromatic amines is 1. The molecule has 2 atom stereocenters. The van der Waals surface area contributed by atoms with Crippen molar-refractivity contribution in [1.82, 2.24) is 14.5 Å². The first-order chi connectivity index (χ1) is 19.1. The number of nitrogens with two attached hydrogens (primary N) is 4. The first kappa shape index (κ1) is 29.3. The van der Waals surface area contributed by atoms with Crippen molar-refractivity contribution < 1.29 is 4.39 Å². The number of aromatic nitrogens is 3. The summed E-state index contributed by atoms with van der Waals surface area (Å²) in [4.78, 5) is 24.1. The number of H-pyrrole nitrogens is 1. The van der Waals surface area contributed by atoms with Crippen LogP contribution in [0.1, 0.15) is 56.2 Å². The van der Waals surface area contributed by atoms with Crippen LogP contribution in [0.3, 0.4) is 0 Å². The van der Waals surface area contributed by atoms with Crippen LogP contribution in [0.5, 0.6) is 0 Å². The molecule has 0 saturated heterocycles. The number of fused-ring (bicyclic) bond motifs is 1. The number of unbranched alkanes of at least 4 members (excludes halogenated alkanes) is 1. The normalized spacial score (nSPS) is 12.9. The van der Waals surface area contributed by atoms with Crippen molar-refractivity contribution in [2.45, 2.75) is 57.5 Å². The summed E-state index contributed by atoms with van der Waals surface area (Å²) in [6.45, 7) is 2.54. The van der Waals surface area contributed by atoms with E-state index in [1.807, 2.05) is 31.2 Å². The molecular weight excluding hydrogens is 531 g/mol. The van der Waals surface area contributed by atoms with Gasteiger partial charge >= 0.3 is 5.69 Å². The Hall–Kier alpha value is -3.73. The van der Waals surface area contributed by atoms with Gasteiger partial charge in [0, 0.05) is 35.8 Å². The van der Waals surface area contributed by atoms with E-state index in [1.165, 1.54) is 4.57 Å². The lowest BCUT2D eigenvalue weighted by Crippen LogP contribution is -2.23. The van der Waals surface area contributed by atoms with Crippen LogP contribution in [-0.4, -0.2) is 33.1 Å². The molecule has 2 aromatic heterocycles. The lowest BCUT2D eigenvalue weighted by atomic mass is 10.0. The van der Waals surface area contributed by atoms with Gasteiger partial charge in [0.1, 0.15) is 5.65 Å². The Bertz CT molecular complexity index is 1540. The van der Waals surface area contributed by atoms with Gasteiger partial charge in [-0.15, -0.1) is 0 Å². The van der Waals surface area contributed by atoms with Crippen molar-refractivity contribution in [3.63, 3.8) is 0 Å². The first-order valence-corrected chi connectivity index (χ1v) is 13.8. The van der Waals surface area contributed by atoms with Crippen LogP contribution in [0.15, 0.2) is 58.4 Å². The van der Waals surface area contributed by atoms with Gasteiger partial charge in [0.25, 0.3) is 0 Å². The third kappa shape index (κ3) is 7.26. The van der Waals surface area contributed by atoms with E-state index in [2.05, 4.69) is 15.0 Å². The molecule has 212 valence electrons. The number of nitrogens with one attached hydrogen (secondary N) is 1. The fourth-order valence-electron chi connectivity index (χ4n) is 4.67. The van der Waals surface area contributed by atoms with Gasteiger partial charge in [0.2, 0.25) is 0 Å². The number of halogens is 2. The Kier molecular flexibility index (Phi) is 9.57. The molecule has 0 bridgehead atoms. The fraction of sp³-hybridized carbons (Fsp3) is 0.345. The lowest BCUT2D eigenvalue weighted by Gasteiger charge is -2.13. The number of rotatable bonds is 12. The molecule has 0 fully saturated rings. The monoisotopic (exact) mass is 566 g/mol. The topological polar surface area (TPSA) is 167 Å². The molecule has 2 aromatic carbocycles. The number of guanidine groups is 1. The summed E-state index contributed by atoms with van der Waals surface area (Å²) in [5.41, 5.74) is 26.2. The predicted octanol–water partition coefficient (Wildman–Crippen LogP) is 4.29. The summed E-state index contributed by atoms with van der Waals surface area (Å²) in [5, 5.41) is 0.709. The summed E-state index contributed by atoms with van der Waals surface area (Å²) < 4.78 is 16.5. The molecule has 0 aliphatic heterocycles. The molecule has 0 aliphatic rings. The largest absolute Gasteiger partial charge is 0.370 e. The van der Waals surface area contributed by atoms with Crippen molar-refractivity contribution in [3.05, 3.63) is 81.1 Å². The number of benzene rings is 2. The molecular formula is C29H36ClFN8O. The molecule has 11 heteroatoms. The van der Waals surface area contributed by atoms with Gasteiger partial charge in [0.05, 0.1) is 16.4 Å². The first-order valence-electron chi connectivity index (χ1n) is 13.4. The van der Waals surface area contributed by atoms with Gasteiger partial charge in [-0.1, -0.05) is 23.7 Å². The van der Waals surface area contributed by atoms with Gasteiger partial charge < -0.3 is 27.9 Å². The maximum Gasteiger partial charge on any atom is 0.354 e. The Morgan fingerprint density at radius 2 is 1.85 bits per heavy atom. The molecule has 4 rings (SSSR count). The molecule has 0 aliphatic carbocycles. The highest BCUT2D eigenvalue weighted by molar-refractivity contribution is 6.31. The minimum absolute atomic E-state index is 0.0477. The quantitative estimate of drug-likeness (QED) is 0.0973. The van der Waals surface area contributed by atoms with E-state index in [1.54, 1.807) is 24.4 Å². The molecule has 4 aromatic rings. The molecule has 0 amide bonds. The van der Waals surface area contributed by atoms with Crippen molar-refractivity contribution in [2.24, 2.45) is 27.9 Å². The van der Waals surface area contributed by atoms with Crippen LogP contribution in [0, 0.1) is 5.82 Å². The van der Waals surface area contributed by atoms with Crippen LogP contribution in [0.4, 0.5) is 4.39 Å². The lowest BCUT2D eigenvalue weighted by molar-refractivity contribution is 0.591. The summed E-state index contributed by atoms with van der Waals surface area (Å²) in [6, 6.07) is 12.6. The molecule has 0 unspecified atom stereocenters. The molecule has 0 saturated carbocycles. The molecule has 2 heterocycles. The van der Waals surface area contributed by atoms with E-state index < -0.39 is 11.5 Å². The average Bonchev–Trinajstić information content (AvgIpc) is 3.32. The van der Waals surface area contributed by atoms with E-state index in [4.69, 9.17) is 34.5 Å². The number of aliphatic imine (C=N–C) groups is 1. The van der Waals surface area contributed by atoms with Crippen LogP contribution in [0.2, 0.25) is 5.02 Å². The van der Waals surface area contributed by atoms with E-state index in [9.17, 15) is 4.79 Å². The van der Waals surface area contributed by atoms with Crippen LogP contribution in [0.25, 0.3) is 28.0 Å². The third-order valence-electron chi connectivity index (χ3n) is 6.83. The fourth-order valence-corrected chi connectivity index (χ4v) is 4.91. The molecule has 0 spiro atoms. The van der Waals surface area contributed by atoms with Gasteiger partial charge in [0.15, 0.2) is 11.8 Å². The Morgan fingerprint density at radius 1 is 1.10 bits per heavy atom. The predicted molar refractivity (Wildman–Crippen MR) is 160 cm³/mol. The van der Waals surface area contributed by atoms with Gasteiger partial charge in [-0.3, -0.25) is 9.56 Å². The molecule has 0 radical (unpaired) electrons. The van der Waals surface area contributed by atoms with Crippen molar-refractivity contribution in [3.8, 4) is 16.9 Å². The van der Waals surface area contributed by atoms with Gasteiger partial charge in [-0.25, -0.2) is 9.18 Å². The zero-order valence-corrected chi connectivity index (χ0v) is 23.3. The smallest absolute Gasteiger partial charge is 0.354 e. The van der Waals surface area contributed by atoms with Gasteiger partial charge in [-0.2, -0.15) is 4.98 Å². The Balaban J connectivity index is 1.53. The highest BCUT2D eigenvalue weighted by atomic mass is 35.5. The number of nitrogens with zero attached hydrogens (tertiary/aromatic N) is 3. The minimum Gasteiger partial charge on any atom is -0.370 e. The molecule has 9 nitrogen and oxygen atoms in total. The zero-order chi connectivity index (χ0) is 28.8. The molecule has 9 N–H and O–H groups in total. The Labute approximate surface area is 237 Å². The number of hydrogen-bond acceptors (Lipinski definition) is 5. The summed E-state index contributed by atoms with van der Waals surface area (Å²) in [6.07, 6.45) is 6.67. The zero-order valence-electron chi connectivity index (χ0n) is 22.5. The third-order valence-corrected chi connectivity index (χ3v) is 7.10. The molecule has 40 heavy (non-hydrogen) atoms. The van der Waals surface area contributed by atoms with E-state index in [0.717, 1.165) is 49.7 Å². The second-order valence-corrected chi connectivity index (χ2v) is 10.6. The average molecular weight is 567 g/mol. The van der Waals surface area contributed by atoms with Crippen molar-refractivity contribution in [1.29, 1.82) is 0 Å². The summed E-state index contributed by atoms with van der Waals surface area (Å²) in [7, 11) is 0. The highest BCUT2D eigenvalue weighted by Crippen LogP contribution is 2.31. The second-order valence-electron chi connectivity index (χ2n) is 10.2.